The van der Waals surface area contributed by atoms with Crippen LogP contribution >= 0.6 is 11.6 Å². The molecule has 0 spiro atoms. The van der Waals surface area contributed by atoms with Crippen molar-refractivity contribution >= 4 is 21.6 Å². The summed E-state index contributed by atoms with van der Waals surface area (Å²) >= 11 is 5.71. The predicted octanol–water partition coefficient (Wildman–Crippen LogP) is 1.15. The van der Waals surface area contributed by atoms with E-state index in [-0.39, 0.29) is 28.6 Å². The molecule has 0 atom stereocenters. The van der Waals surface area contributed by atoms with Crippen molar-refractivity contribution in [3.63, 3.8) is 0 Å². The standard InChI is InChI=1S/C12H14ClFN4O2S/c1-18-3-2-16-11(18)7-17-21(19,20)9-4-8(6-15)12(13)10(14)5-9/h2-5,17H,6-7,15H2,1H3. The first kappa shape index (κ1) is 15.9. The largest absolute Gasteiger partial charge is 0.337 e. The molecule has 0 bridgehead atoms. The summed E-state index contributed by atoms with van der Waals surface area (Å²) in [5, 5.41) is -0.166. The Bertz CT molecular complexity index is 761. The van der Waals surface area contributed by atoms with Crippen molar-refractivity contribution in [3.8, 4) is 0 Å². The lowest BCUT2D eigenvalue weighted by Crippen LogP contribution is -2.25. The zero-order chi connectivity index (χ0) is 15.6. The van der Waals surface area contributed by atoms with Gasteiger partial charge in [-0.3, -0.25) is 0 Å². The Balaban J connectivity index is 2.27. The summed E-state index contributed by atoms with van der Waals surface area (Å²) in [6.45, 7) is -0.0630. The van der Waals surface area contributed by atoms with Crippen molar-refractivity contribution in [2.45, 2.75) is 18.0 Å². The van der Waals surface area contributed by atoms with Gasteiger partial charge in [0, 0.05) is 26.0 Å². The molecule has 0 saturated carbocycles. The fraction of sp³-hybridized carbons (Fsp3) is 0.250. The Kier molecular flexibility index (Phi) is 4.62. The lowest BCUT2D eigenvalue weighted by atomic mass is 10.2. The zero-order valence-corrected chi connectivity index (χ0v) is 12.7. The van der Waals surface area contributed by atoms with Crippen molar-refractivity contribution < 1.29 is 12.8 Å². The summed E-state index contributed by atoms with van der Waals surface area (Å²) in [6.07, 6.45) is 3.25. The van der Waals surface area contributed by atoms with Crippen LogP contribution < -0.4 is 10.5 Å². The molecule has 0 radical (unpaired) electrons. The smallest absolute Gasteiger partial charge is 0.241 e. The van der Waals surface area contributed by atoms with Gasteiger partial charge in [-0.05, 0) is 17.7 Å². The van der Waals surface area contributed by atoms with E-state index in [0.29, 0.717) is 5.82 Å². The van der Waals surface area contributed by atoms with Crippen LogP contribution in [0.1, 0.15) is 11.4 Å². The molecule has 6 nitrogen and oxygen atoms in total. The van der Waals surface area contributed by atoms with Crippen molar-refractivity contribution in [2.24, 2.45) is 12.8 Å². The molecule has 2 rings (SSSR count). The molecule has 21 heavy (non-hydrogen) atoms. The van der Waals surface area contributed by atoms with Gasteiger partial charge in [-0.15, -0.1) is 0 Å². The van der Waals surface area contributed by atoms with Crippen molar-refractivity contribution in [2.75, 3.05) is 0 Å². The van der Waals surface area contributed by atoms with Gasteiger partial charge in [0.05, 0.1) is 16.5 Å². The minimum Gasteiger partial charge on any atom is -0.337 e. The van der Waals surface area contributed by atoms with Gasteiger partial charge in [-0.2, -0.15) is 0 Å². The number of nitrogens with two attached hydrogens (primary N) is 1. The van der Waals surface area contributed by atoms with Gasteiger partial charge in [0.25, 0.3) is 0 Å². The van der Waals surface area contributed by atoms with Gasteiger partial charge in [-0.1, -0.05) is 11.6 Å². The maximum atomic E-state index is 13.6. The van der Waals surface area contributed by atoms with Gasteiger partial charge in [0.1, 0.15) is 11.6 Å². The first-order chi connectivity index (χ1) is 9.85. The van der Waals surface area contributed by atoms with Crippen LogP contribution in [0.2, 0.25) is 5.02 Å². The number of sulfonamides is 1. The number of nitrogens with zero attached hydrogens (tertiary/aromatic N) is 2. The average molecular weight is 333 g/mol. The van der Waals surface area contributed by atoms with Crippen LogP contribution in [0.5, 0.6) is 0 Å². The highest BCUT2D eigenvalue weighted by Gasteiger charge is 2.19. The molecule has 0 aliphatic carbocycles. The SMILES string of the molecule is Cn1ccnc1CNS(=O)(=O)c1cc(F)c(Cl)c(CN)c1. The number of aryl methyl sites for hydroxylation is 1. The first-order valence-electron chi connectivity index (χ1n) is 5.99. The van der Waals surface area contributed by atoms with Gasteiger partial charge < -0.3 is 10.3 Å². The van der Waals surface area contributed by atoms with Crippen molar-refractivity contribution in [1.82, 2.24) is 14.3 Å². The second kappa shape index (κ2) is 6.10. The van der Waals surface area contributed by atoms with E-state index in [1.54, 1.807) is 24.0 Å². The van der Waals surface area contributed by atoms with Crippen LogP contribution in [0, 0.1) is 5.82 Å². The molecule has 1 heterocycles. The van der Waals surface area contributed by atoms with Crippen molar-refractivity contribution in [3.05, 3.63) is 46.8 Å². The minimum atomic E-state index is -3.88. The Labute approximate surface area is 126 Å². The molecule has 0 unspecified atom stereocenters. The maximum absolute atomic E-state index is 13.6. The second-order valence-electron chi connectivity index (χ2n) is 4.36. The van der Waals surface area contributed by atoms with Crippen LogP contribution in [-0.4, -0.2) is 18.0 Å². The molecule has 2 aromatic rings. The van der Waals surface area contributed by atoms with Crippen LogP contribution in [0.15, 0.2) is 29.4 Å². The Hall–Kier alpha value is -1.48. The molecule has 0 amide bonds. The van der Waals surface area contributed by atoms with Crippen LogP contribution in [0.3, 0.4) is 0 Å². The van der Waals surface area contributed by atoms with Gasteiger partial charge in [0.15, 0.2) is 0 Å². The molecule has 0 aliphatic rings. The normalized spacial score (nSPS) is 11.8. The van der Waals surface area contributed by atoms with E-state index < -0.39 is 15.8 Å². The van der Waals surface area contributed by atoms with Crippen LogP contribution in [0.4, 0.5) is 4.39 Å². The minimum absolute atomic E-state index is 0.00592. The van der Waals surface area contributed by atoms with Gasteiger partial charge in [0.2, 0.25) is 10.0 Å². The van der Waals surface area contributed by atoms with E-state index in [0.717, 1.165) is 6.07 Å². The number of rotatable bonds is 5. The molecule has 1 aromatic heterocycles. The fourth-order valence-electron chi connectivity index (χ4n) is 1.73. The topological polar surface area (TPSA) is 90.0 Å². The summed E-state index contributed by atoms with van der Waals surface area (Å²) in [5.74, 6) is -0.288. The van der Waals surface area contributed by atoms with E-state index in [1.807, 2.05) is 0 Å². The van der Waals surface area contributed by atoms with Gasteiger partial charge in [-0.25, -0.2) is 22.5 Å². The first-order valence-corrected chi connectivity index (χ1v) is 7.85. The third-order valence-electron chi connectivity index (χ3n) is 2.95. The highest BCUT2D eigenvalue weighted by Crippen LogP contribution is 2.24. The average Bonchev–Trinajstić information content (AvgIpc) is 2.85. The number of nitrogens with one attached hydrogen (secondary N) is 1. The third-order valence-corrected chi connectivity index (χ3v) is 4.75. The fourth-order valence-corrected chi connectivity index (χ4v) is 2.96. The van der Waals surface area contributed by atoms with E-state index in [2.05, 4.69) is 9.71 Å². The third kappa shape index (κ3) is 3.41. The monoisotopic (exact) mass is 332 g/mol. The molecule has 1 aromatic carbocycles. The molecule has 9 heteroatoms. The number of benzene rings is 1. The number of hydrogen-bond acceptors (Lipinski definition) is 4. The summed E-state index contributed by atoms with van der Waals surface area (Å²) in [4.78, 5) is 3.78. The molecule has 3 N–H and O–H groups in total. The number of imidazole rings is 1. The van der Waals surface area contributed by atoms with Crippen LogP contribution in [-0.2, 0) is 30.2 Å². The maximum Gasteiger partial charge on any atom is 0.241 e. The predicted molar refractivity (Wildman–Crippen MR) is 76.5 cm³/mol. The second-order valence-corrected chi connectivity index (χ2v) is 6.51. The molecule has 0 aliphatic heterocycles. The quantitative estimate of drug-likeness (QED) is 0.859. The number of halogens is 2. The van der Waals surface area contributed by atoms with E-state index in [4.69, 9.17) is 17.3 Å². The van der Waals surface area contributed by atoms with Crippen molar-refractivity contribution in [1.29, 1.82) is 0 Å². The summed E-state index contributed by atoms with van der Waals surface area (Å²) < 4.78 is 42.0. The number of hydrogen-bond donors (Lipinski definition) is 2. The highest BCUT2D eigenvalue weighted by molar-refractivity contribution is 7.89. The summed E-state index contributed by atoms with van der Waals surface area (Å²) in [5.41, 5.74) is 5.65. The molecule has 0 saturated heterocycles. The van der Waals surface area contributed by atoms with E-state index in [1.165, 1.54) is 6.07 Å². The summed E-state index contributed by atoms with van der Waals surface area (Å²) in [7, 11) is -2.14. The Morgan fingerprint density at radius 3 is 2.76 bits per heavy atom. The van der Waals surface area contributed by atoms with E-state index in [9.17, 15) is 12.8 Å². The summed E-state index contributed by atoms with van der Waals surface area (Å²) in [6, 6.07) is 2.12. The Morgan fingerprint density at radius 2 is 2.19 bits per heavy atom. The van der Waals surface area contributed by atoms with Crippen LogP contribution in [0.25, 0.3) is 0 Å². The molecule has 0 fully saturated rings. The van der Waals surface area contributed by atoms with E-state index >= 15 is 0 Å². The molecular formula is C12H14ClFN4O2S. The molecular weight excluding hydrogens is 319 g/mol. The molecule has 114 valence electrons. The zero-order valence-electron chi connectivity index (χ0n) is 11.2. The van der Waals surface area contributed by atoms with Gasteiger partial charge >= 0.3 is 0 Å². The lowest BCUT2D eigenvalue weighted by molar-refractivity contribution is 0.573. The number of aromatic nitrogens is 2. The lowest BCUT2D eigenvalue weighted by Gasteiger charge is -2.10. The highest BCUT2D eigenvalue weighted by atomic mass is 35.5. The Morgan fingerprint density at radius 1 is 1.48 bits per heavy atom.